The molecule has 0 bridgehead atoms. The molecule has 0 radical (unpaired) electrons. The van der Waals surface area contributed by atoms with Gasteiger partial charge in [0.05, 0.1) is 0 Å². The van der Waals surface area contributed by atoms with Crippen LogP contribution < -0.4 is 5.32 Å². The monoisotopic (exact) mass is 271 g/mol. The van der Waals surface area contributed by atoms with Crippen molar-refractivity contribution in [3.63, 3.8) is 0 Å². The standard InChI is InChI=1S/C11H20F3NO3/c1-8(2)6-9(10(16)17)15-4-3-5-18-7-11(12,13)14/h8-9,15H,3-7H2,1-2H3,(H,16,17). The average Bonchev–Trinajstić information content (AvgIpc) is 2.18. The molecule has 0 amide bonds. The Labute approximate surface area is 105 Å². The first kappa shape index (κ1) is 17.2. The van der Waals surface area contributed by atoms with Gasteiger partial charge in [-0.05, 0) is 25.3 Å². The van der Waals surface area contributed by atoms with Crippen LogP contribution in [-0.4, -0.2) is 43.1 Å². The van der Waals surface area contributed by atoms with Crippen molar-refractivity contribution < 1.29 is 27.8 Å². The van der Waals surface area contributed by atoms with Gasteiger partial charge < -0.3 is 15.2 Å². The fourth-order valence-electron chi connectivity index (χ4n) is 1.38. The molecule has 0 aromatic rings. The van der Waals surface area contributed by atoms with Gasteiger partial charge >= 0.3 is 12.1 Å². The Kier molecular flexibility index (Phi) is 7.93. The van der Waals surface area contributed by atoms with Gasteiger partial charge in [0.15, 0.2) is 0 Å². The van der Waals surface area contributed by atoms with Crippen LogP contribution in [0.2, 0.25) is 0 Å². The maximum absolute atomic E-state index is 11.7. The molecule has 2 N–H and O–H groups in total. The van der Waals surface area contributed by atoms with Crippen LogP contribution in [-0.2, 0) is 9.53 Å². The van der Waals surface area contributed by atoms with Gasteiger partial charge in [-0.15, -0.1) is 0 Å². The maximum Gasteiger partial charge on any atom is 0.411 e. The Morgan fingerprint density at radius 3 is 2.44 bits per heavy atom. The SMILES string of the molecule is CC(C)CC(NCCCOCC(F)(F)F)C(=O)O. The Morgan fingerprint density at radius 2 is 2.00 bits per heavy atom. The van der Waals surface area contributed by atoms with Crippen LogP contribution >= 0.6 is 0 Å². The van der Waals surface area contributed by atoms with Gasteiger partial charge in [-0.1, -0.05) is 13.8 Å². The highest BCUT2D eigenvalue weighted by Gasteiger charge is 2.27. The van der Waals surface area contributed by atoms with Gasteiger partial charge in [0.2, 0.25) is 0 Å². The fourth-order valence-corrected chi connectivity index (χ4v) is 1.38. The van der Waals surface area contributed by atoms with Gasteiger partial charge in [-0.3, -0.25) is 4.79 Å². The van der Waals surface area contributed by atoms with Crippen molar-refractivity contribution in [2.75, 3.05) is 19.8 Å². The third-order valence-corrected chi connectivity index (χ3v) is 2.13. The molecule has 0 rings (SSSR count). The lowest BCUT2D eigenvalue weighted by atomic mass is 10.0. The van der Waals surface area contributed by atoms with Crippen LogP contribution in [0.1, 0.15) is 26.7 Å². The van der Waals surface area contributed by atoms with E-state index in [0.29, 0.717) is 19.4 Å². The lowest BCUT2D eigenvalue weighted by molar-refractivity contribution is -0.173. The van der Waals surface area contributed by atoms with Crippen molar-refractivity contribution in [1.29, 1.82) is 0 Å². The summed E-state index contributed by atoms with van der Waals surface area (Å²) in [6.45, 7) is 2.83. The quantitative estimate of drug-likeness (QED) is 0.630. The summed E-state index contributed by atoms with van der Waals surface area (Å²) in [6, 6.07) is -0.660. The zero-order chi connectivity index (χ0) is 14.2. The van der Waals surface area contributed by atoms with E-state index in [1.807, 2.05) is 13.8 Å². The molecule has 0 fully saturated rings. The van der Waals surface area contributed by atoms with E-state index in [-0.39, 0.29) is 12.5 Å². The lowest BCUT2D eigenvalue weighted by Crippen LogP contribution is -2.38. The van der Waals surface area contributed by atoms with Crippen LogP contribution in [0, 0.1) is 5.92 Å². The molecule has 1 atom stereocenters. The second-order valence-electron chi connectivity index (χ2n) is 4.50. The predicted molar refractivity (Wildman–Crippen MR) is 60.4 cm³/mol. The second kappa shape index (κ2) is 8.31. The Balaban J connectivity index is 3.65. The number of ether oxygens (including phenoxy) is 1. The zero-order valence-electron chi connectivity index (χ0n) is 10.6. The van der Waals surface area contributed by atoms with Gasteiger partial charge in [-0.2, -0.15) is 13.2 Å². The number of rotatable bonds is 9. The highest BCUT2D eigenvalue weighted by molar-refractivity contribution is 5.73. The molecule has 0 aromatic heterocycles. The summed E-state index contributed by atoms with van der Waals surface area (Å²) in [5.41, 5.74) is 0. The van der Waals surface area contributed by atoms with Gasteiger partial charge in [0, 0.05) is 6.61 Å². The molecule has 0 aromatic carbocycles. The number of carbonyl (C=O) groups is 1. The molecule has 1 unspecified atom stereocenters. The summed E-state index contributed by atoms with van der Waals surface area (Å²) in [4.78, 5) is 10.8. The molecule has 0 aliphatic heterocycles. The van der Waals surface area contributed by atoms with Crippen molar-refractivity contribution >= 4 is 5.97 Å². The van der Waals surface area contributed by atoms with Crippen LogP contribution in [0.15, 0.2) is 0 Å². The van der Waals surface area contributed by atoms with Crippen LogP contribution in [0.5, 0.6) is 0 Å². The molecule has 108 valence electrons. The first-order chi connectivity index (χ1) is 8.22. The predicted octanol–water partition coefficient (Wildman–Crippen LogP) is 2.04. The normalized spacial score (nSPS) is 13.9. The fraction of sp³-hybridized carbons (Fsp3) is 0.909. The van der Waals surface area contributed by atoms with Crippen molar-refractivity contribution in [3.05, 3.63) is 0 Å². The summed E-state index contributed by atoms with van der Waals surface area (Å²) in [5.74, 6) is -0.708. The summed E-state index contributed by atoms with van der Waals surface area (Å²) < 4.78 is 39.6. The summed E-state index contributed by atoms with van der Waals surface area (Å²) >= 11 is 0. The number of aliphatic carboxylic acids is 1. The molecule has 0 saturated carbocycles. The van der Waals surface area contributed by atoms with Gasteiger partial charge in [-0.25, -0.2) is 0 Å². The lowest BCUT2D eigenvalue weighted by Gasteiger charge is -2.16. The summed E-state index contributed by atoms with van der Waals surface area (Å²) in [5, 5.41) is 11.7. The largest absolute Gasteiger partial charge is 0.480 e. The number of alkyl halides is 3. The number of carboxylic acid groups (broad SMARTS) is 1. The molecule has 4 nitrogen and oxygen atoms in total. The molecule has 7 heteroatoms. The first-order valence-corrected chi connectivity index (χ1v) is 5.83. The number of carboxylic acids is 1. The molecule has 0 aliphatic rings. The van der Waals surface area contributed by atoms with E-state index in [2.05, 4.69) is 10.1 Å². The molecular weight excluding hydrogens is 251 g/mol. The highest BCUT2D eigenvalue weighted by atomic mass is 19.4. The number of hydrogen-bond acceptors (Lipinski definition) is 3. The third kappa shape index (κ3) is 10.3. The van der Waals surface area contributed by atoms with Gasteiger partial charge in [0.25, 0.3) is 0 Å². The minimum atomic E-state index is -4.31. The number of halogens is 3. The minimum Gasteiger partial charge on any atom is -0.480 e. The van der Waals surface area contributed by atoms with Crippen LogP contribution in [0.4, 0.5) is 13.2 Å². The number of nitrogens with one attached hydrogen (secondary N) is 1. The summed E-state index contributed by atoms with van der Waals surface area (Å²) in [6.07, 6.45) is -3.48. The third-order valence-electron chi connectivity index (χ3n) is 2.13. The van der Waals surface area contributed by atoms with E-state index in [0.717, 1.165) is 0 Å². The van der Waals surface area contributed by atoms with Crippen molar-refractivity contribution in [3.8, 4) is 0 Å². The zero-order valence-corrected chi connectivity index (χ0v) is 10.6. The van der Waals surface area contributed by atoms with E-state index in [1.54, 1.807) is 0 Å². The van der Waals surface area contributed by atoms with E-state index in [4.69, 9.17) is 5.11 Å². The maximum atomic E-state index is 11.7. The highest BCUT2D eigenvalue weighted by Crippen LogP contribution is 2.14. The smallest absolute Gasteiger partial charge is 0.411 e. The molecule has 0 heterocycles. The first-order valence-electron chi connectivity index (χ1n) is 5.83. The average molecular weight is 271 g/mol. The van der Waals surface area contributed by atoms with E-state index in [9.17, 15) is 18.0 Å². The molecule has 0 saturated heterocycles. The topological polar surface area (TPSA) is 58.6 Å². The Hall–Kier alpha value is -0.820. The number of hydrogen-bond donors (Lipinski definition) is 2. The van der Waals surface area contributed by atoms with E-state index in [1.165, 1.54) is 0 Å². The molecule has 0 aliphatic carbocycles. The van der Waals surface area contributed by atoms with Gasteiger partial charge in [0.1, 0.15) is 12.6 Å². The molecular formula is C11H20F3NO3. The minimum absolute atomic E-state index is 0.0411. The van der Waals surface area contributed by atoms with Crippen LogP contribution in [0.25, 0.3) is 0 Å². The Bertz CT molecular complexity index is 244. The second-order valence-corrected chi connectivity index (χ2v) is 4.50. The molecule has 0 spiro atoms. The van der Waals surface area contributed by atoms with E-state index >= 15 is 0 Å². The van der Waals surface area contributed by atoms with Crippen molar-refractivity contribution in [1.82, 2.24) is 5.32 Å². The van der Waals surface area contributed by atoms with E-state index < -0.39 is 24.8 Å². The van der Waals surface area contributed by atoms with Crippen molar-refractivity contribution in [2.45, 2.75) is 38.9 Å². The molecule has 18 heavy (non-hydrogen) atoms. The Morgan fingerprint density at radius 1 is 1.39 bits per heavy atom. The van der Waals surface area contributed by atoms with Crippen molar-refractivity contribution in [2.24, 2.45) is 5.92 Å². The van der Waals surface area contributed by atoms with Crippen LogP contribution in [0.3, 0.4) is 0 Å². The summed E-state index contributed by atoms with van der Waals surface area (Å²) in [7, 11) is 0.